The van der Waals surface area contributed by atoms with Crippen molar-refractivity contribution in [1.29, 1.82) is 0 Å². The van der Waals surface area contributed by atoms with Gasteiger partial charge in [-0.3, -0.25) is 19.2 Å². The Hall–Kier alpha value is -2.12. The minimum absolute atomic E-state index is 0.0737. The highest BCUT2D eigenvalue weighted by Crippen LogP contribution is 2.65. The van der Waals surface area contributed by atoms with Crippen molar-refractivity contribution in [1.82, 2.24) is 0 Å². The van der Waals surface area contributed by atoms with Crippen LogP contribution in [0.1, 0.15) is 101 Å². The van der Waals surface area contributed by atoms with Crippen LogP contribution in [0, 0.1) is 29.1 Å². The molecule has 0 aliphatic heterocycles. The van der Waals surface area contributed by atoms with Crippen molar-refractivity contribution < 1.29 is 38.1 Å². The van der Waals surface area contributed by atoms with Crippen molar-refractivity contribution in [2.24, 2.45) is 29.1 Å². The standard InChI is InChI=1S/C28H46O8/c1-11-12-13-33-19(29)16-28-14-17(18(15-28)22(30)34-25(2,3)4)20(23(31)35-26(5,6)7)21(28)24(32)36-27(8,9)10/h17-18,20-21H,11-16H2,1-10H3. The third-order valence-electron chi connectivity index (χ3n) is 6.57. The summed E-state index contributed by atoms with van der Waals surface area (Å²) in [5.41, 5.74) is -3.24. The van der Waals surface area contributed by atoms with Crippen molar-refractivity contribution in [3.8, 4) is 0 Å². The second-order valence-electron chi connectivity index (χ2n) is 13.4. The van der Waals surface area contributed by atoms with Gasteiger partial charge in [0, 0.05) is 0 Å². The van der Waals surface area contributed by atoms with Gasteiger partial charge >= 0.3 is 23.9 Å². The largest absolute Gasteiger partial charge is 0.466 e. The third kappa shape index (κ3) is 7.69. The van der Waals surface area contributed by atoms with E-state index in [0.29, 0.717) is 6.42 Å². The fourth-order valence-corrected chi connectivity index (χ4v) is 5.54. The summed E-state index contributed by atoms with van der Waals surface area (Å²) in [5, 5.41) is 0. The van der Waals surface area contributed by atoms with Crippen LogP contribution >= 0.6 is 0 Å². The van der Waals surface area contributed by atoms with Gasteiger partial charge in [-0.15, -0.1) is 0 Å². The highest BCUT2D eigenvalue weighted by Gasteiger charge is 2.69. The van der Waals surface area contributed by atoms with E-state index in [1.54, 1.807) is 62.3 Å². The fourth-order valence-electron chi connectivity index (χ4n) is 5.54. The van der Waals surface area contributed by atoms with E-state index in [9.17, 15) is 19.2 Å². The topological polar surface area (TPSA) is 105 Å². The van der Waals surface area contributed by atoms with Crippen molar-refractivity contribution >= 4 is 23.9 Å². The van der Waals surface area contributed by atoms with Gasteiger partial charge in [-0.1, -0.05) is 13.3 Å². The molecule has 2 bridgehead atoms. The molecule has 0 radical (unpaired) electrons. The predicted octanol–water partition coefficient (Wildman–Crippen LogP) is 5.00. The summed E-state index contributed by atoms with van der Waals surface area (Å²) in [6, 6.07) is 0. The third-order valence-corrected chi connectivity index (χ3v) is 6.57. The van der Waals surface area contributed by atoms with Crippen LogP contribution in [0.3, 0.4) is 0 Å². The molecule has 0 aromatic rings. The average Bonchev–Trinajstić information content (AvgIpc) is 3.17. The summed E-state index contributed by atoms with van der Waals surface area (Å²) >= 11 is 0. The molecule has 0 spiro atoms. The molecule has 0 heterocycles. The molecule has 5 atom stereocenters. The predicted molar refractivity (Wildman–Crippen MR) is 134 cm³/mol. The maximum atomic E-state index is 13.6. The maximum Gasteiger partial charge on any atom is 0.310 e. The Labute approximate surface area is 216 Å². The molecule has 2 saturated carbocycles. The first kappa shape index (κ1) is 30.1. The number of fused-ring (bicyclic) bond motifs is 2. The van der Waals surface area contributed by atoms with Gasteiger partial charge in [-0.2, -0.15) is 0 Å². The first-order valence-electron chi connectivity index (χ1n) is 13.1. The van der Waals surface area contributed by atoms with Crippen LogP contribution in [0.5, 0.6) is 0 Å². The zero-order chi connectivity index (χ0) is 27.7. The van der Waals surface area contributed by atoms with Crippen LogP contribution in [0.15, 0.2) is 0 Å². The molecule has 0 aromatic carbocycles. The SMILES string of the molecule is CCCCOC(=O)CC12CC(C(=O)OC(C)(C)C)C(C1)C(C(=O)OC(C)(C)C)C2C(=O)OC(C)(C)C. The summed E-state index contributed by atoms with van der Waals surface area (Å²) in [6.07, 6.45) is 2.13. The van der Waals surface area contributed by atoms with E-state index in [4.69, 9.17) is 18.9 Å². The number of esters is 4. The summed E-state index contributed by atoms with van der Waals surface area (Å²) in [7, 11) is 0. The van der Waals surface area contributed by atoms with Crippen LogP contribution in [-0.2, 0) is 38.1 Å². The second kappa shape index (κ2) is 10.7. The first-order valence-corrected chi connectivity index (χ1v) is 13.1. The zero-order valence-electron chi connectivity index (χ0n) is 23.8. The van der Waals surface area contributed by atoms with E-state index < -0.39 is 69.8 Å². The highest BCUT2D eigenvalue weighted by molar-refractivity contribution is 5.88. The van der Waals surface area contributed by atoms with E-state index >= 15 is 0 Å². The van der Waals surface area contributed by atoms with E-state index in [1.807, 2.05) is 6.92 Å². The summed E-state index contributed by atoms with van der Waals surface area (Å²) in [5.74, 6) is -4.96. The Kier molecular flexibility index (Phi) is 8.95. The molecular weight excluding hydrogens is 464 g/mol. The molecule has 0 aromatic heterocycles. The minimum atomic E-state index is -0.959. The lowest BCUT2D eigenvalue weighted by molar-refractivity contribution is -0.185. The first-order chi connectivity index (χ1) is 16.3. The smallest absolute Gasteiger partial charge is 0.310 e. The lowest BCUT2D eigenvalue weighted by Crippen LogP contribution is -2.49. The molecule has 2 aliphatic rings. The van der Waals surface area contributed by atoms with Gasteiger partial charge in [0.05, 0.1) is 30.8 Å². The number of unbranched alkanes of at least 4 members (excludes halogenated alkanes) is 1. The minimum Gasteiger partial charge on any atom is -0.466 e. The van der Waals surface area contributed by atoms with Gasteiger partial charge in [0.1, 0.15) is 16.8 Å². The maximum absolute atomic E-state index is 13.6. The molecule has 206 valence electrons. The molecule has 0 N–H and O–H groups in total. The van der Waals surface area contributed by atoms with Crippen molar-refractivity contribution in [2.75, 3.05) is 6.61 Å². The molecule has 2 fully saturated rings. The van der Waals surface area contributed by atoms with Crippen molar-refractivity contribution in [3.05, 3.63) is 0 Å². The molecular formula is C28H46O8. The average molecular weight is 511 g/mol. The lowest BCUT2D eigenvalue weighted by Gasteiger charge is -2.40. The monoisotopic (exact) mass is 510 g/mol. The zero-order valence-corrected chi connectivity index (χ0v) is 23.8. The number of hydrogen-bond acceptors (Lipinski definition) is 8. The van der Waals surface area contributed by atoms with E-state index in [-0.39, 0.29) is 19.4 Å². The Bertz CT molecular complexity index is 841. The highest BCUT2D eigenvalue weighted by atomic mass is 16.6. The van der Waals surface area contributed by atoms with Crippen LogP contribution in [-0.4, -0.2) is 47.3 Å². The fraction of sp³-hybridized carbons (Fsp3) is 0.857. The van der Waals surface area contributed by atoms with E-state index in [1.165, 1.54) is 0 Å². The van der Waals surface area contributed by atoms with E-state index in [0.717, 1.165) is 12.8 Å². The lowest BCUT2D eigenvalue weighted by atomic mass is 9.65. The summed E-state index contributed by atoms with van der Waals surface area (Å²) in [4.78, 5) is 53.3. The molecule has 0 amide bonds. The van der Waals surface area contributed by atoms with E-state index in [2.05, 4.69) is 0 Å². The quantitative estimate of drug-likeness (QED) is 0.255. The molecule has 0 saturated heterocycles. The molecule has 8 heteroatoms. The van der Waals surface area contributed by atoms with Gasteiger partial charge in [-0.05, 0) is 92.9 Å². The van der Waals surface area contributed by atoms with Crippen molar-refractivity contribution in [3.63, 3.8) is 0 Å². The van der Waals surface area contributed by atoms with Gasteiger partial charge in [-0.25, -0.2) is 0 Å². The number of ether oxygens (including phenoxy) is 4. The van der Waals surface area contributed by atoms with Gasteiger partial charge < -0.3 is 18.9 Å². The Morgan fingerprint density at radius 3 is 1.75 bits per heavy atom. The van der Waals surface area contributed by atoms with Crippen LogP contribution in [0.4, 0.5) is 0 Å². The number of carbonyl (C=O) groups is 4. The number of carbonyl (C=O) groups excluding carboxylic acids is 4. The summed E-state index contributed by atoms with van der Waals surface area (Å²) in [6.45, 7) is 18.2. The molecule has 2 rings (SSSR count). The Morgan fingerprint density at radius 1 is 0.750 bits per heavy atom. The van der Waals surface area contributed by atoms with Gasteiger partial charge in [0.25, 0.3) is 0 Å². The number of rotatable bonds is 8. The number of hydrogen-bond donors (Lipinski definition) is 0. The van der Waals surface area contributed by atoms with Crippen LogP contribution in [0.2, 0.25) is 0 Å². The van der Waals surface area contributed by atoms with Gasteiger partial charge in [0.15, 0.2) is 0 Å². The van der Waals surface area contributed by atoms with Crippen molar-refractivity contribution in [2.45, 2.75) is 118 Å². The molecule has 8 nitrogen and oxygen atoms in total. The van der Waals surface area contributed by atoms with Crippen LogP contribution in [0.25, 0.3) is 0 Å². The molecule has 5 unspecified atom stereocenters. The molecule has 36 heavy (non-hydrogen) atoms. The summed E-state index contributed by atoms with van der Waals surface area (Å²) < 4.78 is 22.6. The Balaban J connectivity index is 2.51. The van der Waals surface area contributed by atoms with Gasteiger partial charge in [0.2, 0.25) is 0 Å². The molecule has 2 aliphatic carbocycles. The Morgan fingerprint density at radius 2 is 1.25 bits per heavy atom. The normalized spacial score (nSPS) is 27.9. The van der Waals surface area contributed by atoms with Crippen LogP contribution < -0.4 is 0 Å². The second-order valence-corrected chi connectivity index (χ2v) is 13.4.